The Morgan fingerprint density at radius 1 is 1.42 bits per heavy atom. The van der Waals surface area contributed by atoms with Crippen molar-refractivity contribution in [2.75, 3.05) is 13.2 Å². The zero-order valence-corrected chi connectivity index (χ0v) is 14.0. The maximum atomic E-state index is 13.7. The second-order valence-corrected chi connectivity index (χ2v) is 6.04. The summed E-state index contributed by atoms with van der Waals surface area (Å²) in [6.45, 7) is 2.63. The van der Waals surface area contributed by atoms with Gasteiger partial charge in [0.15, 0.2) is 5.82 Å². The van der Waals surface area contributed by atoms with Crippen molar-refractivity contribution >= 4 is 5.91 Å². The number of nitrogens with zero attached hydrogens (tertiary/aromatic N) is 5. The highest BCUT2D eigenvalue weighted by Crippen LogP contribution is 2.23. The first-order valence-electron chi connectivity index (χ1n) is 8.10. The molecule has 8 nitrogen and oxygen atoms in total. The lowest BCUT2D eigenvalue weighted by Gasteiger charge is -2.33. The molecule has 134 valence electrons. The van der Waals surface area contributed by atoms with Crippen LogP contribution in [0.1, 0.15) is 28.0 Å². The summed E-state index contributed by atoms with van der Waals surface area (Å²) >= 11 is 0. The standard InChI is InChI=1S/C17H16FN5O3/c1-11-7-15(26-21-11)17(24)22-8-12-4-6-20-23(12)13(9-22)10-25-16-14(18)3-2-5-19-16/h2-7,13H,8-10H2,1H3. The first-order chi connectivity index (χ1) is 12.6. The van der Waals surface area contributed by atoms with E-state index in [-0.39, 0.29) is 30.2 Å². The van der Waals surface area contributed by atoms with Crippen molar-refractivity contribution in [3.05, 3.63) is 59.6 Å². The number of rotatable bonds is 4. The monoisotopic (exact) mass is 357 g/mol. The summed E-state index contributed by atoms with van der Waals surface area (Å²) in [6.07, 6.45) is 3.12. The fraction of sp³-hybridized carbons (Fsp3) is 0.294. The average molecular weight is 357 g/mol. The van der Waals surface area contributed by atoms with E-state index in [0.717, 1.165) is 5.69 Å². The molecule has 1 aliphatic heterocycles. The van der Waals surface area contributed by atoms with Gasteiger partial charge in [0.25, 0.3) is 5.91 Å². The maximum absolute atomic E-state index is 13.7. The number of ether oxygens (including phenoxy) is 1. The number of halogens is 1. The van der Waals surface area contributed by atoms with E-state index in [9.17, 15) is 9.18 Å². The number of hydrogen-bond acceptors (Lipinski definition) is 6. The van der Waals surface area contributed by atoms with E-state index in [2.05, 4.69) is 15.2 Å². The topological polar surface area (TPSA) is 86.3 Å². The van der Waals surface area contributed by atoms with Gasteiger partial charge in [0.2, 0.25) is 11.6 Å². The summed E-state index contributed by atoms with van der Waals surface area (Å²) in [6, 6.07) is 5.93. The van der Waals surface area contributed by atoms with Crippen LogP contribution in [0.3, 0.4) is 0 Å². The summed E-state index contributed by atoms with van der Waals surface area (Å²) in [7, 11) is 0. The number of pyridine rings is 1. The highest BCUT2D eigenvalue weighted by atomic mass is 19.1. The first-order valence-corrected chi connectivity index (χ1v) is 8.10. The molecule has 0 fully saturated rings. The quantitative estimate of drug-likeness (QED) is 0.710. The molecule has 0 bridgehead atoms. The Labute approximate surface area is 148 Å². The number of amides is 1. The Bertz CT molecular complexity index is 938. The summed E-state index contributed by atoms with van der Waals surface area (Å²) in [5.74, 6) is -0.678. The number of carbonyl (C=O) groups is 1. The second kappa shape index (κ2) is 6.58. The minimum absolute atomic E-state index is 0.0736. The van der Waals surface area contributed by atoms with Gasteiger partial charge in [0, 0.05) is 25.0 Å². The molecule has 0 N–H and O–H groups in total. The van der Waals surface area contributed by atoms with Gasteiger partial charge in [0.1, 0.15) is 12.6 Å². The molecule has 26 heavy (non-hydrogen) atoms. The molecule has 1 unspecified atom stereocenters. The number of aromatic nitrogens is 4. The molecule has 0 saturated carbocycles. The molecule has 0 radical (unpaired) electrons. The first kappa shape index (κ1) is 16.2. The predicted octanol–water partition coefficient (Wildman–Crippen LogP) is 1.99. The molecule has 0 aromatic carbocycles. The van der Waals surface area contributed by atoms with Crippen LogP contribution in [0.5, 0.6) is 5.88 Å². The molecule has 0 saturated heterocycles. The van der Waals surface area contributed by atoms with Crippen LogP contribution in [0.2, 0.25) is 0 Å². The highest BCUT2D eigenvalue weighted by Gasteiger charge is 2.31. The molecule has 3 aromatic rings. The van der Waals surface area contributed by atoms with Gasteiger partial charge < -0.3 is 14.2 Å². The number of carbonyl (C=O) groups excluding carboxylic acids is 1. The van der Waals surface area contributed by atoms with E-state index < -0.39 is 5.82 Å². The van der Waals surface area contributed by atoms with Crippen LogP contribution >= 0.6 is 0 Å². The van der Waals surface area contributed by atoms with Crippen LogP contribution in [-0.2, 0) is 6.54 Å². The van der Waals surface area contributed by atoms with Crippen LogP contribution < -0.4 is 4.74 Å². The smallest absolute Gasteiger partial charge is 0.292 e. The third kappa shape index (κ3) is 3.03. The third-order valence-electron chi connectivity index (χ3n) is 4.15. The zero-order chi connectivity index (χ0) is 18.1. The van der Waals surface area contributed by atoms with Gasteiger partial charge in [0.05, 0.1) is 17.9 Å². The number of aryl methyl sites for hydroxylation is 1. The van der Waals surface area contributed by atoms with E-state index in [1.165, 1.54) is 18.3 Å². The SMILES string of the molecule is Cc1cc(C(=O)N2Cc3ccnn3C(COc3ncccc3F)C2)on1. The molecular weight excluding hydrogens is 341 g/mol. The lowest BCUT2D eigenvalue weighted by atomic mass is 10.2. The minimum Gasteiger partial charge on any atom is -0.473 e. The second-order valence-electron chi connectivity index (χ2n) is 6.04. The van der Waals surface area contributed by atoms with Crippen LogP contribution in [-0.4, -0.2) is 43.9 Å². The molecule has 9 heteroatoms. The molecule has 1 amide bonds. The van der Waals surface area contributed by atoms with Crippen molar-refractivity contribution in [3.8, 4) is 5.88 Å². The van der Waals surface area contributed by atoms with Gasteiger partial charge in [-0.2, -0.15) is 5.10 Å². The normalized spacial score (nSPS) is 16.4. The van der Waals surface area contributed by atoms with Crippen molar-refractivity contribution in [1.29, 1.82) is 0 Å². The minimum atomic E-state index is -0.533. The van der Waals surface area contributed by atoms with Crippen molar-refractivity contribution in [2.24, 2.45) is 0 Å². The van der Waals surface area contributed by atoms with Crippen molar-refractivity contribution in [1.82, 2.24) is 24.8 Å². The molecular formula is C17H16FN5O3. The molecule has 1 atom stereocenters. The van der Waals surface area contributed by atoms with Crippen molar-refractivity contribution in [2.45, 2.75) is 19.5 Å². The van der Waals surface area contributed by atoms with Gasteiger partial charge >= 0.3 is 0 Å². The van der Waals surface area contributed by atoms with Crippen LogP contribution in [0, 0.1) is 12.7 Å². The van der Waals surface area contributed by atoms with Crippen molar-refractivity contribution in [3.63, 3.8) is 0 Å². The lowest BCUT2D eigenvalue weighted by Crippen LogP contribution is -2.43. The molecule has 4 heterocycles. The van der Waals surface area contributed by atoms with Gasteiger partial charge in [-0.05, 0) is 25.1 Å². The Morgan fingerprint density at radius 3 is 3.08 bits per heavy atom. The van der Waals surface area contributed by atoms with Gasteiger partial charge in [-0.25, -0.2) is 9.37 Å². The van der Waals surface area contributed by atoms with Gasteiger partial charge in [-0.1, -0.05) is 5.16 Å². The largest absolute Gasteiger partial charge is 0.473 e. The van der Waals surface area contributed by atoms with E-state index >= 15 is 0 Å². The average Bonchev–Trinajstić information content (AvgIpc) is 3.29. The van der Waals surface area contributed by atoms with E-state index in [0.29, 0.717) is 18.8 Å². The molecule has 0 aliphatic carbocycles. The third-order valence-corrected chi connectivity index (χ3v) is 4.15. The summed E-state index contributed by atoms with van der Waals surface area (Å²) in [5, 5.41) is 8.05. The Balaban J connectivity index is 1.53. The maximum Gasteiger partial charge on any atom is 0.292 e. The Hall–Kier alpha value is -3.23. The fourth-order valence-electron chi connectivity index (χ4n) is 2.94. The van der Waals surface area contributed by atoms with E-state index in [1.54, 1.807) is 28.8 Å². The van der Waals surface area contributed by atoms with E-state index in [1.807, 2.05) is 6.07 Å². The fourth-order valence-corrected chi connectivity index (χ4v) is 2.94. The van der Waals surface area contributed by atoms with Crippen molar-refractivity contribution < 1.29 is 18.4 Å². The Morgan fingerprint density at radius 2 is 2.31 bits per heavy atom. The Kier molecular flexibility index (Phi) is 4.11. The van der Waals surface area contributed by atoms with Crippen LogP contribution in [0.4, 0.5) is 4.39 Å². The molecule has 1 aliphatic rings. The summed E-state index contributed by atoms with van der Waals surface area (Å²) in [4.78, 5) is 18.2. The number of hydrogen-bond donors (Lipinski definition) is 0. The summed E-state index contributed by atoms with van der Waals surface area (Å²) in [5.41, 5.74) is 1.50. The zero-order valence-electron chi connectivity index (χ0n) is 14.0. The van der Waals surface area contributed by atoms with Gasteiger partial charge in [-0.15, -0.1) is 0 Å². The molecule has 3 aromatic heterocycles. The molecule has 0 spiro atoms. The number of fused-ring (bicyclic) bond motifs is 1. The lowest BCUT2D eigenvalue weighted by molar-refractivity contribution is 0.0589. The predicted molar refractivity (Wildman–Crippen MR) is 86.9 cm³/mol. The van der Waals surface area contributed by atoms with Crippen LogP contribution in [0.25, 0.3) is 0 Å². The van der Waals surface area contributed by atoms with Gasteiger partial charge in [-0.3, -0.25) is 9.48 Å². The van der Waals surface area contributed by atoms with Crippen LogP contribution in [0.15, 0.2) is 41.2 Å². The summed E-state index contributed by atoms with van der Waals surface area (Å²) < 4.78 is 26.1. The molecule has 4 rings (SSSR count). The highest BCUT2D eigenvalue weighted by molar-refractivity contribution is 5.91. The van der Waals surface area contributed by atoms with E-state index in [4.69, 9.17) is 9.26 Å².